The van der Waals surface area contributed by atoms with E-state index in [-0.39, 0.29) is 5.41 Å². The molecule has 0 radical (unpaired) electrons. The normalized spacial score (nSPS) is 13.1. The van der Waals surface area contributed by atoms with Gasteiger partial charge in [0.1, 0.15) is 11.5 Å². The Morgan fingerprint density at radius 2 is 1.64 bits per heavy atom. The van der Waals surface area contributed by atoms with E-state index in [0.717, 1.165) is 34.1 Å². The molecule has 3 heteroatoms. The van der Waals surface area contributed by atoms with Crippen LogP contribution < -0.4 is 4.74 Å². The van der Waals surface area contributed by atoms with E-state index < -0.39 is 0 Å². The Bertz CT molecular complexity index is 907. The molecule has 0 amide bonds. The van der Waals surface area contributed by atoms with Gasteiger partial charge in [-0.05, 0) is 60.4 Å². The molecule has 0 saturated heterocycles. The first kappa shape index (κ1) is 20.4. The van der Waals surface area contributed by atoms with Gasteiger partial charge in [0.05, 0.1) is 13.2 Å². The van der Waals surface area contributed by atoms with Crippen molar-refractivity contribution in [2.45, 2.75) is 39.2 Å². The lowest BCUT2D eigenvalue weighted by atomic mass is 9.80. The Balaban J connectivity index is 1.63. The molecule has 28 heavy (non-hydrogen) atoms. The molecule has 3 aromatic carbocycles. The lowest BCUT2D eigenvalue weighted by molar-refractivity contribution is 0.0747. The molecule has 0 aliphatic heterocycles. The van der Waals surface area contributed by atoms with E-state index in [1.807, 2.05) is 61.5 Å². The van der Waals surface area contributed by atoms with Crippen LogP contribution in [-0.4, -0.2) is 6.61 Å². The monoisotopic (exact) mass is 394 g/mol. The van der Waals surface area contributed by atoms with E-state index >= 15 is 0 Å². The fourth-order valence-electron chi connectivity index (χ4n) is 3.13. The van der Waals surface area contributed by atoms with Crippen molar-refractivity contribution in [3.05, 3.63) is 94.5 Å². The Morgan fingerprint density at radius 3 is 2.36 bits per heavy atom. The summed E-state index contributed by atoms with van der Waals surface area (Å²) in [5.41, 5.74) is 3.41. The van der Waals surface area contributed by atoms with E-state index in [1.165, 1.54) is 5.56 Å². The highest BCUT2D eigenvalue weighted by Gasteiger charge is 2.25. The van der Waals surface area contributed by atoms with Crippen LogP contribution in [-0.2, 0) is 16.8 Å². The van der Waals surface area contributed by atoms with Crippen molar-refractivity contribution in [2.24, 2.45) is 0 Å². The van der Waals surface area contributed by atoms with E-state index in [2.05, 4.69) is 32.0 Å². The van der Waals surface area contributed by atoms with Crippen molar-refractivity contribution >= 4 is 11.6 Å². The minimum Gasteiger partial charge on any atom is -0.457 e. The molecule has 0 fully saturated rings. The fraction of sp³-hybridized carbons (Fsp3) is 0.280. The molecule has 0 heterocycles. The molecular formula is C25H27ClO2. The van der Waals surface area contributed by atoms with Crippen LogP contribution in [0.1, 0.15) is 37.0 Å². The Morgan fingerprint density at radius 1 is 0.893 bits per heavy atom. The summed E-state index contributed by atoms with van der Waals surface area (Å²) in [6, 6.07) is 24.1. The largest absolute Gasteiger partial charge is 0.457 e. The second-order valence-electron chi connectivity index (χ2n) is 7.43. The highest BCUT2D eigenvalue weighted by Crippen LogP contribution is 2.31. The van der Waals surface area contributed by atoms with Gasteiger partial charge in [-0.3, -0.25) is 0 Å². The lowest BCUT2D eigenvalue weighted by Gasteiger charge is -2.29. The number of hydrogen-bond donors (Lipinski definition) is 0. The minimum absolute atomic E-state index is 0.0481. The molecule has 146 valence electrons. The van der Waals surface area contributed by atoms with Gasteiger partial charge in [0.15, 0.2) is 0 Å². The molecule has 0 saturated carbocycles. The van der Waals surface area contributed by atoms with Gasteiger partial charge in [-0.25, -0.2) is 0 Å². The summed E-state index contributed by atoms with van der Waals surface area (Å²) >= 11 is 6.19. The minimum atomic E-state index is -0.0481. The molecule has 0 N–H and O–H groups in total. The third-order valence-corrected chi connectivity index (χ3v) is 5.63. The molecule has 0 bridgehead atoms. The number of rotatable bonds is 8. The zero-order valence-electron chi connectivity index (χ0n) is 16.7. The number of para-hydroxylation sites is 1. The maximum atomic E-state index is 6.19. The number of halogens is 1. The van der Waals surface area contributed by atoms with E-state index in [0.29, 0.717) is 13.2 Å². The molecule has 1 atom stereocenters. The smallest absolute Gasteiger partial charge is 0.127 e. The second-order valence-corrected chi connectivity index (χ2v) is 7.84. The summed E-state index contributed by atoms with van der Waals surface area (Å²) in [5, 5.41) is 0.804. The van der Waals surface area contributed by atoms with Gasteiger partial charge in [0.25, 0.3) is 0 Å². The predicted octanol–water partition coefficient (Wildman–Crippen LogP) is 7.33. The van der Waals surface area contributed by atoms with Crippen molar-refractivity contribution in [3.63, 3.8) is 0 Å². The van der Waals surface area contributed by atoms with Crippen LogP contribution in [0.4, 0.5) is 0 Å². The Labute approximate surface area is 173 Å². The van der Waals surface area contributed by atoms with Gasteiger partial charge in [0, 0.05) is 10.4 Å². The summed E-state index contributed by atoms with van der Waals surface area (Å²) in [7, 11) is 0. The molecule has 1 unspecified atom stereocenters. The summed E-state index contributed by atoms with van der Waals surface area (Å²) < 4.78 is 12.0. The third kappa shape index (κ3) is 5.15. The number of hydrogen-bond acceptors (Lipinski definition) is 2. The van der Waals surface area contributed by atoms with Crippen molar-refractivity contribution in [2.75, 3.05) is 6.61 Å². The van der Waals surface area contributed by atoms with Crippen molar-refractivity contribution in [1.82, 2.24) is 0 Å². The molecule has 3 aromatic rings. The van der Waals surface area contributed by atoms with Gasteiger partial charge in [-0.2, -0.15) is 0 Å². The van der Waals surface area contributed by atoms with Crippen molar-refractivity contribution in [3.8, 4) is 11.5 Å². The predicted molar refractivity (Wildman–Crippen MR) is 116 cm³/mol. The molecular weight excluding hydrogens is 368 g/mol. The third-order valence-electron chi connectivity index (χ3n) is 5.20. The first-order valence-corrected chi connectivity index (χ1v) is 10.0. The molecule has 0 spiro atoms. The summed E-state index contributed by atoms with van der Waals surface area (Å²) in [5.74, 6) is 1.65. The Hall–Kier alpha value is -2.29. The highest BCUT2D eigenvalue weighted by molar-refractivity contribution is 6.31. The van der Waals surface area contributed by atoms with Crippen LogP contribution in [0.15, 0.2) is 72.8 Å². The standard InChI is InChI=1S/C25H27ClO2/c1-4-25(3,21-13-14-24(26)19(2)15-21)18-27-17-20-9-8-12-23(16-20)28-22-10-6-5-7-11-22/h5-16H,4,17-18H2,1-3H3. The van der Waals surface area contributed by atoms with Gasteiger partial charge >= 0.3 is 0 Å². The fourth-order valence-corrected chi connectivity index (χ4v) is 3.24. The van der Waals surface area contributed by atoms with Crippen LogP contribution in [0, 0.1) is 6.92 Å². The van der Waals surface area contributed by atoms with Crippen LogP contribution >= 0.6 is 11.6 Å². The second kappa shape index (κ2) is 9.27. The molecule has 0 aliphatic carbocycles. The maximum absolute atomic E-state index is 6.19. The zero-order chi connectivity index (χ0) is 20.0. The summed E-state index contributed by atoms with van der Waals surface area (Å²) in [6.45, 7) is 7.68. The van der Waals surface area contributed by atoms with E-state index in [4.69, 9.17) is 21.1 Å². The Kier molecular flexibility index (Phi) is 6.77. The topological polar surface area (TPSA) is 18.5 Å². The van der Waals surface area contributed by atoms with E-state index in [9.17, 15) is 0 Å². The zero-order valence-corrected chi connectivity index (χ0v) is 17.5. The van der Waals surface area contributed by atoms with Crippen LogP contribution in [0.5, 0.6) is 11.5 Å². The number of benzene rings is 3. The average molecular weight is 395 g/mol. The maximum Gasteiger partial charge on any atom is 0.127 e. The number of aryl methyl sites for hydroxylation is 1. The molecule has 2 nitrogen and oxygen atoms in total. The van der Waals surface area contributed by atoms with Gasteiger partial charge in [-0.15, -0.1) is 0 Å². The SMILES string of the molecule is CCC(C)(COCc1cccc(Oc2ccccc2)c1)c1ccc(Cl)c(C)c1. The van der Waals surface area contributed by atoms with Crippen molar-refractivity contribution < 1.29 is 9.47 Å². The van der Waals surface area contributed by atoms with Crippen LogP contribution in [0.2, 0.25) is 5.02 Å². The first-order valence-electron chi connectivity index (χ1n) is 9.66. The molecule has 0 aliphatic rings. The first-order chi connectivity index (χ1) is 13.5. The number of ether oxygens (including phenoxy) is 2. The van der Waals surface area contributed by atoms with Gasteiger partial charge < -0.3 is 9.47 Å². The van der Waals surface area contributed by atoms with Crippen LogP contribution in [0.25, 0.3) is 0 Å². The van der Waals surface area contributed by atoms with Gasteiger partial charge in [0.2, 0.25) is 0 Å². The average Bonchev–Trinajstić information content (AvgIpc) is 2.71. The van der Waals surface area contributed by atoms with E-state index in [1.54, 1.807) is 0 Å². The molecule has 0 aromatic heterocycles. The summed E-state index contributed by atoms with van der Waals surface area (Å²) in [4.78, 5) is 0. The van der Waals surface area contributed by atoms with Crippen molar-refractivity contribution in [1.29, 1.82) is 0 Å². The van der Waals surface area contributed by atoms with Gasteiger partial charge in [-0.1, -0.05) is 67.9 Å². The van der Waals surface area contributed by atoms with Crippen LogP contribution in [0.3, 0.4) is 0 Å². The molecule has 3 rings (SSSR count). The quantitative estimate of drug-likeness (QED) is 0.398. The lowest BCUT2D eigenvalue weighted by Crippen LogP contribution is -2.27. The summed E-state index contributed by atoms with van der Waals surface area (Å²) in [6.07, 6.45) is 0.991. The highest BCUT2D eigenvalue weighted by atomic mass is 35.5.